The van der Waals surface area contributed by atoms with Gasteiger partial charge in [-0.25, -0.2) is 4.39 Å². The van der Waals surface area contributed by atoms with Crippen molar-refractivity contribution in [2.75, 3.05) is 6.61 Å². The molecule has 1 heterocycles. The van der Waals surface area contributed by atoms with E-state index < -0.39 is 17.7 Å². The van der Waals surface area contributed by atoms with Crippen LogP contribution in [-0.2, 0) is 16.1 Å². The predicted octanol–water partition coefficient (Wildman–Crippen LogP) is 6.00. The van der Waals surface area contributed by atoms with E-state index in [2.05, 4.69) is 0 Å². The summed E-state index contributed by atoms with van der Waals surface area (Å²) in [5.74, 6) is -1.49. The number of benzene rings is 4. The average molecular weight is 482 g/mol. The van der Waals surface area contributed by atoms with Crippen LogP contribution in [0.15, 0.2) is 96.6 Å². The van der Waals surface area contributed by atoms with Crippen LogP contribution in [-0.4, -0.2) is 28.3 Å². The van der Waals surface area contributed by atoms with Crippen LogP contribution in [0, 0.1) is 5.82 Å². The van der Waals surface area contributed by atoms with Crippen LogP contribution in [0.25, 0.3) is 16.5 Å². The number of hydrogen-bond acceptors (Lipinski definition) is 4. The van der Waals surface area contributed by atoms with Crippen LogP contribution in [0.2, 0.25) is 0 Å². The highest BCUT2D eigenvalue weighted by Crippen LogP contribution is 2.42. The third-order valence-corrected chi connectivity index (χ3v) is 6.36. The number of fused-ring (bicyclic) bond motifs is 1. The molecule has 1 unspecified atom stereocenters. The lowest BCUT2D eigenvalue weighted by molar-refractivity contribution is -0.140. The second kappa shape index (κ2) is 9.66. The summed E-state index contributed by atoms with van der Waals surface area (Å²) in [4.78, 5) is 28.1. The molecule has 0 saturated carbocycles. The van der Waals surface area contributed by atoms with Crippen molar-refractivity contribution < 1.29 is 23.8 Å². The molecule has 5 nitrogen and oxygen atoms in total. The zero-order valence-corrected chi connectivity index (χ0v) is 19.6. The Labute approximate surface area is 208 Å². The molecule has 0 aliphatic carbocycles. The number of ether oxygens (including phenoxy) is 1. The van der Waals surface area contributed by atoms with Gasteiger partial charge < -0.3 is 14.7 Å². The Morgan fingerprint density at radius 3 is 2.33 bits per heavy atom. The third-order valence-electron chi connectivity index (χ3n) is 6.36. The lowest BCUT2D eigenvalue weighted by Crippen LogP contribution is -2.29. The van der Waals surface area contributed by atoms with Gasteiger partial charge in [-0.15, -0.1) is 0 Å². The summed E-state index contributed by atoms with van der Waals surface area (Å²) >= 11 is 0. The fourth-order valence-corrected chi connectivity index (χ4v) is 4.67. The van der Waals surface area contributed by atoms with Gasteiger partial charge in [0.25, 0.3) is 11.7 Å². The molecule has 0 aromatic heterocycles. The van der Waals surface area contributed by atoms with Gasteiger partial charge in [-0.1, -0.05) is 54.6 Å². The highest BCUT2D eigenvalue weighted by Gasteiger charge is 2.46. The predicted molar refractivity (Wildman–Crippen MR) is 136 cm³/mol. The van der Waals surface area contributed by atoms with E-state index in [1.54, 1.807) is 36.4 Å². The molecule has 1 aliphatic rings. The summed E-state index contributed by atoms with van der Waals surface area (Å²) in [6.07, 6.45) is 0. The number of carbonyl (C=O) groups is 2. The van der Waals surface area contributed by atoms with Crippen LogP contribution >= 0.6 is 0 Å². The normalized spacial score (nSPS) is 17.1. The molecule has 1 atom stereocenters. The maximum Gasteiger partial charge on any atom is 0.295 e. The first-order valence-electron chi connectivity index (χ1n) is 11.7. The number of ketones is 1. The molecule has 4 aromatic rings. The highest BCUT2D eigenvalue weighted by molar-refractivity contribution is 6.46. The van der Waals surface area contributed by atoms with Crippen molar-refractivity contribution in [2.45, 2.75) is 19.5 Å². The first kappa shape index (κ1) is 23.3. The molecule has 1 fully saturated rings. The van der Waals surface area contributed by atoms with Crippen molar-refractivity contribution in [2.24, 2.45) is 0 Å². The summed E-state index contributed by atoms with van der Waals surface area (Å²) in [5, 5.41) is 13.2. The number of hydrogen-bond donors (Lipinski definition) is 1. The lowest BCUT2D eigenvalue weighted by atomic mass is 9.91. The number of amides is 1. The summed E-state index contributed by atoms with van der Waals surface area (Å²) in [7, 11) is 0. The van der Waals surface area contributed by atoms with E-state index in [-0.39, 0.29) is 23.7 Å². The minimum absolute atomic E-state index is 0.0163. The van der Waals surface area contributed by atoms with Crippen molar-refractivity contribution in [1.82, 2.24) is 4.90 Å². The molecule has 6 heteroatoms. The Bertz CT molecular complexity index is 1470. The third kappa shape index (κ3) is 4.22. The molecule has 36 heavy (non-hydrogen) atoms. The number of nitrogens with zero attached hydrogens (tertiary/aromatic N) is 1. The monoisotopic (exact) mass is 481 g/mol. The Kier molecular flexibility index (Phi) is 6.25. The number of Topliss-reactive ketones (excluding diaryl/α,β-unsaturated/α-hetero) is 1. The van der Waals surface area contributed by atoms with Crippen molar-refractivity contribution >= 4 is 28.2 Å². The van der Waals surface area contributed by atoms with E-state index in [0.29, 0.717) is 23.5 Å². The molecule has 5 rings (SSSR count). The van der Waals surface area contributed by atoms with Crippen molar-refractivity contribution in [3.8, 4) is 5.75 Å². The number of rotatable bonds is 6. The fourth-order valence-electron chi connectivity index (χ4n) is 4.67. The van der Waals surface area contributed by atoms with Gasteiger partial charge in [-0.3, -0.25) is 9.59 Å². The number of aliphatic hydroxyl groups is 1. The summed E-state index contributed by atoms with van der Waals surface area (Å²) in [5.41, 5.74) is 1.82. The second-order valence-electron chi connectivity index (χ2n) is 8.58. The standard InChI is InChI=1S/C30H24FNO4/c1-2-36-23-16-12-21(13-17-23)28(33)26-27(25-9-5-7-20-6-3-4-8-24(20)25)32(30(35)29(26)34)18-19-10-14-22(31)15-11-19/h3-17,27,33H,2,18H2,1H3/b28-26-. The SMILES string of the molecule is CCOc1ccc(/C(O)=C2/C(=O)C(=O)N(Cc3ccc(F)cc3)C2c2cccc3ccccc23)cc1. The Morgan fingerprint density at radius 1 is 0.917 bits per heavy atom. The van der Waals surface area contributed by atoms with Gasteiger partial charge in [0, 0.05) is 12.1 Å². The van der Waals surface area contributed by atoms with E-state index in [0.717, 1.165) is 16.3 Å². The van der Waals surface area contributed by atoms with Gasteiger partial charge in [-0.2, -0.15) is 0 Å². The van der Waals surface area contributed by atoms with E-state index in [1.807, 2.05) is 49.4 Å². The number of halogens is 1. The van der Waals surface area contributed by atoms with Gasteiger partial charge in [0.05, 0.1) is 18.2 Å². The molecule has 1 aliphatic heterocycles. The maximum absolute atomic E-state index is 13.5. The molecule has 4 aromatic carbocycles. The van der Waals surface area contributed by atoms with Crippen LogP contribution in [0.3, 0.4) is 0 Å². The first-order valence-corrected chi connectivity index (χ1v) is 11.7. The molecular formula is C30H24FNO4. The minimum Gasteiger partial charge on any atom is -0.507 e. The van der Waals surface area contributed by atoms with Gasteiger partial charge in [-0.05, 0) is 65.2 Å². The summed E-state index contributed by atoms with van der Waals surface area (Å²) < 4.78 is 19.0. The van der Waals surface area contributed by atoms with E-state index >= 15 is 0 Å². The van der Waals surface area contributed by atoms with E-state index in [1.165, 1.54) is 17.0 Å². The maximum atomic E-state index is 13.5. The smallest absolute Gasteiger partial charge is 0.295 e. The van der Waals surface area contributed by atoms with Gasteiger partial charge in [0.1, 0.15) is 17.3 Å². The van der Waals surface area contributed by atoms with Gasteiger partial charge in [0.2, 0.25) is 0 Å². The number of carbonyl (C=O) groups excluding carboxylic acids is 2. The molecule has 0 radical (unpaired) electrons. The molecule has 1 N–H and O–H groups in total. The fraction of sp³-hybridized carbons (Fsp3) is 0.133. The van der Waals surface area contributed by atoms with Crippen LogP contribution in [0.5, 0.6) is 5.75 Å². The molecule has 180 valence electrons. The molecular weight excluding hydrogens is 457 g/mol. The second-order valence-corrected chi connectivity index (χ2v) is 8.58. The highest BCUT2D eigenvalue weighted by atomic mass is 19.1. The Hall–Kier alpha value is -4.45. The first-order chi connectivity index (χ1) is 17.5. The van der Waals surface area contributed by atoms with E-state index in [9.17, 15) is 19.1 Å². The van der Waals surface area contributed by atoms with Crippen molar-refractivity contribution in [1.29, 1.82) is 0 Å². The van der Waals surface area contributed by atoms with Crippen LogP contribution in [0.4, 0.5) is 4.39 Å². The molecule has 0 bridgehead atoms. The topological polar surface area (TPSA) is 66.8 Å². The van der Waals surface area contributed by atoms with Gasteiger partial charge >= 0.3 is 0 Å². The zero-order chi connectivity index (χ0) is 25.2. The van der Waals surface area contributed by atoms with Crippen molar-refractivity contribution in [3.05, 3.63) is 119 Å². The largest absolute Gasteiger partial charge is 0.507 e. The van der Waals surface area contributed by atoms with Crippen molar-refractivity contribution in [3.63, 3.8) is 0 Å². The Morgan fingerprint density at radius 2 is 1.61 bits per heavy atom. The molecule has 1 amide bonds. The van der Waals surface area contributed by atoms with Crippen LogP contribution < -0.4 is 4.74 Å². The Balaban J connectivity index is 1.68. The minimum atomic E-state index is -0.826. The summed E-state index contributed by atoms with van der Waals surface area (Å²) in [6, 6.07) is 25.1. The summed E-state index contributed by atoms with van der Waals surface area (Å²) in [6.45, 7) is 2.46. The molecule has 1 saturated heterocycles. The van der Waals surface area contributed by atoms with Crippen LogP contribution in [0.1, 0.15) is 29.7 Å². The number of likely N-dealkylation sites (tertiary alicyclic amines) is 1. The lowest BCUT2D eigenvalue weighted by Gasteiger charge is -2.26. The average Bonchev–Trinajstić information content (AvgIpc) is 3.14. The molecule has 0 spiro atoms. The zero-order valence-electron chi connectivity index (χ0n) is 19.6. The quantitative estimate of drug-likeness (QED) is 0.208. The van der Waals surface area contributed by atoms with E-state index in [4.69, 9.17) is 4.74 Å². The van der Waals surface area contributed by atoms with Gasteiger partial charge in [0.15, 0.2) is 0 Å². The number of aliphatic hydroxyl groups excluding tert-OH is 1.